The van der Waals surface area contributed by atoms with E-state index in [9.17, 15) is 4.79 Å². The number of hydrogen-bond donors (Lipinski definition) is 1. The third-order valence-electron chi connectivity index (χ3n) is 3.77. The molecule has 1 amide bonds. The van der Waals surface area contributed by atoms with Crippen LogP contribution in [0.25, 0.3) is 6.08 Å². The smallest absolute Gasteiger partial charge is 0.407 e. The molecule has 0 spiro atoms. The van der Waals surface area contributed by atoms with Crippen LogP contribution in [-0.2, 0) is 6.42 Å². The van der Waals surface area contributed by atoms with Crippen LogP contribution in [0.3, 0.4) is 0 Å². The number of benzene rings is 1. The molecule has 3 heteroatoms. The average molecular weight is 229 g/mol. The maximum Gasteiger partial charge on any atom is 0.407 e. The van der Waals surface area contributed by atoms with E-state index in [-0.39, 0.29) is 0 Å². The van der Waals surface area contributed by atoms with Crippen LogP contribution in [0, 0.1) is 5.92 Å². The van der Waals surface area contributed by atoms with Gasteiger partial charge in [0.05, 0.1) is 0 Å². The van der Waals surface area contributed by atoms with Gasteiger partial charge in [-0.05, 0) is 24.0 Å². The second-order valence-electron chi connectivity index (χ2n) is 4.80. The van der Waals surface area contributed by atoms with Crippen LogP contribution in [0.5, 0.6) is 0 Å². The number of piperidine rings is 1. The Morgan fingerprint density at radius 1 is 1.35 bits per heavy atom. The Balaban J connectivity index is 1.88. The number of likely N-dealkylation sites (tertiary alicyclic amines) is 1. The fourth-order valence-electron chi connectivity index (χ4n) is 2.83. The van der Waals surface area contributed by atoms with Crippen molar-refractivity contribution in [2.75, 3.05) is 13.1 Å². The molecule has 0 radical (unpaired) electrons. The third-order valence-corrected chi connectivity index (χ3v) is 3.77. The van der Waals surface area contributed by atoms with Gasteiger partial charge in [0.25, 0.3) is 0 Å². The van der Waals surface area contributed by atoms with Gasteiger partial charge in [-0.25, -0.2) is 4.79 Å². The molecule has 1 aromatic carbocycles. The monoisotopic (exact) mass is 229 g/mol. The molecule has 88 valence electrons. The van der Waals surface area contributed by atoms with Crippen molar-refractivity contribution in [1.29, 1.82) is 0 Å². The lowest BCUT2D eigenvalue weighted by molar-refractivity contribution is 0.132. The minimum absolute atomic E-state index is 0.384. The fourth-order valence-corrected chi connectivity index (χ4v) is 2.83. The highest BCUT2D eigenvalue weighted by Crippen LogP contribution is 2.33. The predicted molar refractivity (Wildman–Crippen MR) is 65.8 cm³/mol. The van der Waals surface area contributed by atoms with Crippen LogP contribution < -0.4 is 0 Å². The lowest BCUT2D eigenvalue weighted by atomic mass is 9.80. The Kier molecular flexibility index (Phi) is 2.39. The molecular weight excluding hydrogens is 214 g/mol. The molecule has 0 bridgehead atoms. The first-order valence-corrected chi connectivity index (χ1v) is 6.00. The van der Waals surface area contributed by atoms with Crippen molar-refractivity contribution in [2.45, 2.75) is 12.8 Å². The Morgan fingerprint density at radius 2 is 2.18 bits per heavy atom. The standard InChI is InChI=1S/C14H15NO2/c16-14(17)15-6-5-12-7-10-3-1-2-4-11(10)8-13(12)9-15/h1-4,7,13H,5-6,8-9H2,(H,16,17). The molecule has 3 rings (SSSR count). The van der Waals surface area contributed by atoms with E-state index in [0.29, 0.717) is 19.0 Å². The topological polar surface area (TPSA) is 40.5 Å². The van der Waals surface area contributed by atoms with Crippen molar-refractivity contribution in [1.82, 2.24) is 4.90 Å². The van der Waals surface area contributed by atoms with E-state index < -0.39 is 6.09 Å². The van der Waals surface area contributed by atoms with Crippen LogP contribution in [0.15, 0.2) is 29.8 Å². The SMILES string of the molecule is O=C(O)N1CCC2=Cc3ccccc3CC2C1. The van der Waals surface area contributed by atoms with Crippen molar-refractivity contribution in [2.24, 2.45) is 5.92 Å². The minimum atomic E-state index is -0.789. The molecule has 17 heavy (non-hydrogen) atoms. The van der Waals surface area contributed by atoms with Gasteiger partial charge in [-0.1, -0.05) is 35.9 Å². The van der Waals surface area contributed by atoms with E-state index in [2.05, 4.69) is 30.3 Å². The molecule has 1 unspecified atom stereocenters. The van der Waals surface area contributed by atoms with Gasteiger partial charge in [0.1, 0.15) is 0 Å². The van der Waals surface area contributed by atoms with E-state index in [0.717, 1.165) is 12.8 Å². The van der Waals surface area contributed by atoms with E-state index in [4.69, 9.17) is 5.11 Å². The number of hydrogen-bond acceptors (Lipinski definition) is 1. The molecule has 1 fully saturated rings. The Bertz CT molecular complexity index is 493. The Labute approximate surface area is 100 Å². The summed E-state index contributed by atoms with van der Waals surface area (Å²) >= 11 is 0. The van der Waals surface area contributed by atoms with Crippen molar-refractivity contribution >= 4 is 12.2 Å². The lowest BCUT2D eigenvalue weighted by Crippen LogP contribution is -2.41. The summed E-state index contributed by atoms with van der Waals surface area (Å²) in [6.45, 7) is 1.29. The van der Waals surface area contributed by atoms with Crippen LogP contribution in [0.4, 0.5) is 4.79 Å². The van der Waals surface area contributed by atoms with E-state index in [1.807, 2.05) is 0 Å². The zero-order chi connectivity index (χ0) is 11.8. The average Bonchev–Trinajstić information content (AvgIpc) is 2.35. The summed E-state index contributed by atoms with van der Waals surface area (Å²) in [6.07, 6.45) is 3.32. The summed E-state index contributed by atoms with van der Waals surface area (Å²) in [4.78, 5) is 12.5. The summed E-state index contributed by atoms with van der Waals surface area (Å²) in [5.41, 5.74) is 4.07. The second-order valence-corrected chi connectivity index (χ2v) is 4.80. The number of fused-ring (bicyclic) bond motifs is 2. The molecule has 2 aliphatic rings. The van der Waals surface area contributed by atoms with Gasteiger partial charge in [0, 0.05) is 19.0 Å². The third kappa shape index (κ3) is 1.82. The molecule has 0 saturated carbocycles. The zero-order valence-corrected chi connectivity index (χ0v) is 9.60. The van der Waals surface area contributed by atoms with Crippen molar-refractivity contribution in [3.63, 3.8) is 0 Å². The van der Waals surface area contributed by atoms with E-state index in [1.165, 1.54) is 21.6 Å². The minimum Gasteiger partial charge on any atom is -0.465 e. The van der Waals surface area contributed by atoms with Gasteiger partial charge in [-0.15, -0.1) is 0 Å². The summed E-state index contributed by atoms with van der Waals surface area (Å²) in [6, 6.07) is 8.39. The summed E-state index contributed by atoms with van der Waals surface area (Å²) < 4.78 is 0. The highest BCUT2D eigenvalue weighted by atomic mass is 16.4. The van der Waals surface area contributed by atoms with Gasteiger partial charge in [0.2, 0.25) is 0 Å². The van der Waals surface area contributed by atoms with Crippen molar-refractivity contribution < 1.29 is 9.90 Å². The maximum atomic E-state index is 11.0. The molecule has 1 aliphatic carbocycles. The van der Waals surface area contributed by atoms with Crippen molar-refractivity contribution in [3.05, 3.63) is 41.0 Å². The molecule has 0 aromatic heterocycles. The van der Waals surface area contributed by atoms with Gasteiger partial charge in [-0.3, -0.25) is 0 Å². The number of nitrogens with zero attached hydrogens (tertiary/aromatic N) is 1. The van der Waals surface area contributed by atoms with Gasteiger partial charge < -0.3 is 10.0 Å². The molecule has 1 N–H and O–H groups in total. The molecule has 1 aliphatic heterocycles. The van der Waals surface area contributed by atoms with Gasteiger partial charge in [-0.2, -0.15) is 0 Å². The first kappa shape index (κ1) is 10.4. The first-order chi connectivity index (χ1) is 8.24. The number of rotatable bonds is 0. The zero-order valence-electron chi connectivity index (χ0n) is 9.60. The Hall–Kier alpha value is -1.77. The fraction of sp³-hybridized carbons (Fsp3) is 0.357. The predicted octanol–water partition coefficient (Wildman–Crippen LogP) is 2.63. The maximum absolute atomic E-state index is 11.0. The first-order valence-electron chi connectivity index (χ1n) is 6.00. The quantitative estimate of drug-likeness (QED) is 0.743. The number of amides is 1. The molecule has 1 saturated heterocycles. The Morgan fingerprint density at radius 3 is 3.00 bits per heavy atom. The van der Waals surface area contributed by atoms with Crippen LogP contribution in [0.2, 0.25) is 0 Å². The molecule has 3 nitrogen and oxygen atoms in total. The number of carboxylic acid groups (broad SMARTS) is 1. The summed E-state index contributed by atoms with van der Waals surface area (Å²) in [5, 5.41) is 9.03. The van der Waals surface area contributed by atoms with Crippen LogP contribution in [0.1, 0.15) is 17.5 Å². The highest BCUT2D eigenvalue weighted by molar-refractivity contribution is 5.67. The van der Waals surface area contributed by atoms with Crippen LogP contribution in [-0.4, -0.2) is 29.2 Å². The highest BCUT2D eigenvalue weighted by Gasteiger charge is 2.29. The largest absolute Gasteiger partial charge is 0.465 e. The normalized spacial score (nSPS) is 22.5. The van der Waals surface area contributed by atoms with E-state index >= 15 is 0 Å². The molecule has 1 atom stereocenters. The molecule has 1 aromatic rings. The van der Waals surface area contributed by atoms with E-state index in [1.54, 1.807) is 0 Å². The van der Waals surface area contributed by atoms with Crippen molar-refractivity contribution in [3.8, 4) is 0 Å². The molecule has 1 heterocycles. The molecular formula is C14H15NO2. The van der Waals surface area contributed by atoms with Crippen LogP contribution >= 0.6 is 0 Å². The number of carbonyl (C=O) groups is 1. The van der Waals surface area contributed by atoms with Gasteiger partial charge >= 0.3 is 6.09 Å². The summed E-state index contributed by atoms with van der Waals surface area (Å²) in [7, 11) is 0. The second kappa shape index (κ2) is 3.91. The lowest BCUT2D eigenvalue weighted by Gasteiger charge is -2.35. The van der Waals surface area contributed by atoms with Gasteiger partial charge in [0.15, 0.2) is 0 Å². The summed E-state index contributed by atoms with van der Waals surface area (Å²) in [5.74, 6) is 0.384.